The van der Waals surface area contributed by atoms with Crippen molar-refractivity contribution in [2.45, 2.75) is 116 Å². The van der Waals surface area contributed by atoms with Crippen molar-refractivity contribution >= 4 is 5.97 Å². The molecule has 0 aromatic heterocycles. The largest absolute Gasteiger partial charge is 0.481 e. The Morgan fingerprint density at radius 3 is 1.32 bits per heavy atom. The Bertz CT molecular complexity index is 300. The van der Waals surface area contributed by atoms with E-state index in [2.05, 4.69) is 12.2 Å². The van der Waals surface area contributed by atoms with Gasteiger partial charge in [-0.25, -0.2) is 0 Å². The number of hydrogen-bond donors (Lipinski definition) is 2. The smallest absolute Gasteiger partial charge is 0.303 e. The molecule has 0 rings (SSSR count). The maximum absolute atomic E-state index is 10.4. The van der Waals surface area contributed by atoms with Crippen LogP contribution in [0.2, 0.25) is 0 Å². The predicted octanol–water partition coefficient (Wildman–Crippen LogP) is 6.64. The summed E-state index contributed by atoms with van der Waals surface area (Å²) in [5, 5.41) is 17.3. The van der Waals surface area contributed by atoms with Crippen LogP contribution in [-0.2, 0) is 4.79 Å². The molecule has 0 aliphatic heterocycles. The van der Waals surface area contributed by atoms with E-state index in [0.29, 0.717) is 13.0 Å². The number of carboxylic acids is 1. The van der Waals surface area contributed by atoms with E-state index in [9.17, 15) is 4.79 Å². The molecule has 0 saturated carbocycles. The van der Waals surface area contributed by atoms with Gasteiger partial charge in [-0.2, -0.15) is 0 Å². The monoisotopic (exact) mass is 354 g/mol. The highest BCUT2D eigenvalue weighted by Crippen LogP contribution is 2.12. The first-order valence-electron chi connectivity index (χ1n) is 10.7. The van der Waals surface area contributed by atoms with Gasteiger partial charge in [0.2, 0.25) is 0 Å². The summed E-state index contributed by atoms with van der Waals surface area (Å²) in [7, 11) is 0. The summed E-state index contributed by atoms with van der Waals surface area (Å²) < 4.78 is 0. The Hall–Kier alpha value is -0.830. The molecule has 0 aromatic carbocycles. The number of aliphatic hydroxyl groups excluding tert-OH is 1. The molecule has 0 aromatic rings. The lowest BCUT2D eigenvalue weighted by Gasteiger charge is -2.01. The standard InChI is InChI=1S/C22H42O3/c23-21-19-17-15-13-11-9-7-5-3-1-2-4-6-8-10-12-14-16-18-20-22(24)25/h3,5,23H,1-2,4,6-21H2,(H,24,25). The van der Waals surface area contributed by atoms with Crippen molar-refractivity contribution < 1.29 is 15.0 Å². The van der Waals surface area contributed by atoms with Crippen LogP contribution in [0.15, 0.2) is 12.2 Å². The van der Waals surface area contributed by atoms with Gasteiger partial charge in [0.15, 0.2) is 0 Å². The van der Waals surface area contributed by atoms with Crippen LogP contribution in [0, 0.1) is 0 Å². The van der Waals surface area contributed by atoms with E-state index in [0.717, 1.165) is 19.3 Å². The van der Waals surface area contributed by atoms with Crippen LogP contribution < -0.4 is 0 Å². The summed E-state index contributed by atoms with van der Waals surface area (Å²) in [4.78, 5) is 10.4. The predicted molar refractivity (Wildman–Crippen MR) is 107 cm³/mol. The van der Waals surface area contributed by atoms with E-state index in [4.69, 9.17) is 10.2 Å². The van der Waals surface area contributed by atoms with Gasteiger partial charge in [-0.15, -0.1) is 0 Å². The third-order valence-corrected chi connectivity index (χ3v) is 4.71. The Labute approximate surface area is 155 Å². The molecule has 0 aliphatic carbocycles. The Morgan fingerprint density at radius 1 is 0.560 bits per heavy atom. The molecule has 0 spiro atoms. The van der Waals surface area contributed by atoms with Gasteiger partial charge in [0, 0.05) is 13.0 Å². The lowest BCUT2D eigenvalue weighted by molar-refractivity contribution is -0.137. The highest BCUT2D eigenvalue weighted by molar-refractivity contribution is 5.66. The van der Waals surface area contributed by atoms with E-state index < -0.39 is 5.97 Å². The van der Waals surface area contributed by atoms with Crippen molar-refractivity contribution in [1.82, 2.24) is 0 Å². The average Bonchev–Trinajstić information content (AvgIpc) is 2.60. The number of carbonyl (C=O) groups is 1. The zero-order valence-electron chi connectivity index (χ0n) is 16.4. The molecule has 0 aliphatic rings. The quantitative estimate of drug-likeness (QED) is 0.190. The maximum Gasteiger partial charge on any atom is 0.303 e. The van der Waals surface area contributed by atoms with Crippen LogP contribution >= 0.6 is 0 Å². The number of aliphatic hydroxyl groups is 1. The minimum Gasteiger partial charge on any atom is -0.481 e. The molecule has 0 unspecified atom stereocenters. The zero-order valence-corrected chi connectivity index (χ0v) is 16.4. The summed E-state index contributed by atoms with van der Waals surface area (Å²) in [5.74, 6) is -0.664. The number of carboxylic acid groups (broad SMARTS) is 1. The van der Waals surface area contributed by atoms with E-state index in [1.165, 1.54) is 89.9 Å². The van der Waals surface area contributed by atoms with Gasteiger partial charge in [0.05, 0.1) is 0 Å². The number of unbranched alkanes of at least 4 members (excludes halogenated alkanes) is 15. The summed E-state index contributed by atoms with van der Waals surface area (Å²) in [6.07, 6.45) is 25.9. The van der Waals surface area contributed by atoms with Crippen LogP contribution in [0.25, 0.3) is 0 Å². The lowest BCUT2D eigenvalue weighted by atomic mass is 10.1. The van der Waals surface area contributed by atoms with Crippen LogP contribution in [0.1, 0.15) is 116 Å². The number of hydrogen-bond acceptors (Lipinski definition) is 2. The van der Waals surface area contributed by atoms with Crippen LogP contribution in [-0.4, -0.2) is 22.8 Å². The number of aliphatic carboxylic acids is 1. The normalized spacial score (nSPS) is 11.4. The van der Waals surface area contributed by atoms with Gasteiger partial charge >= 0.3 is 5.97 Å². The second-order valence-electron chi connectivity index (χ2n) is 7.22. The second-order valence-corrected chi connectivity index (χ2v) is 7.22. The molecule has 3 nitrogen and oxygen atoms in total. The molecule has 0 atom stereocenters. The Balaban J connectivity index is 3.07. The fraction of sp³-hybridized carbons (Fsp3) is 0.864. The van der Waals surface area contributed by atoms with Crippen LogP contribution in [0.3, 0.4) is 0 Å². The van der Waals surface area contributed by atoms with E-state index >= 15 is 0 Å². The van der Waals surface area contributed by atoms with Crippen molar-refractivity contribution in [3.63, 3.8) is 0 Å². The first-order valence-corrected chi connectivity index (χ1v) is 10.7. The molecule has 0 fully saturated rings. The third kappa shape index (κ3) is 23.2. The highest BCUT2D eigenvalue weighted by Gasteiger charge is 1.96. The highest BCUT2D eigenvalue weighted by atomic mass is 16.4. The molecule has 0 radical (unpaired) electrons. The molecule has 0 amide bonds. The molecule has 0 bridgehead atoms. The first-order chi connectivity index (χ1) is 12.3. The van der Waals surface area contributed by atoms with Crippen molar-refractivity contribution in [2.24, 2.45) is 0 Å². The average molecular weight is 355 g/mol. The minimum absolute atomic E-state index is 0.331. The zero-order chi connectivity index (χ0) is 18.4. The SMILES string of the molecule is O=C(O)CCCCCCCCCCCC=CCCCCCCCCO. The van der Waals surface area contributed by atoms with Crippen LogP contribution in [0.4, 0.5) is 0 Å². The molecular weight excluding hydrogens is 312 g/mol. The Morgan fingerprint density at radius 2 is 0.920 bits per heavy atom. The molecule has 25 heavy (non-hydrogen) atoms. The molecular formula is C22H42O3. The topological polar surface area (TPSA) is 57.5 Å². The molecule has 3 heteroatoms. The molecule has 2 N–H and O–H groups in total. The number of rotatable bonds is 20. The van der Waals surface area contributed by atoms with Gasteiger partial charge in [-0.1, -0.05) is 82.8 Å². The van der Waals surface area contributed by atoms with Gasteiger partial charge in [0.25, 0.3) is 0 Å². The van der Waals surface area contributed by atoms with Gasteiger partial charge in [-0.3, -0.25) is 4.79 Å². The summed E-state index contributed by atoms with van der Waals surface area (Å²) >= 11 is 0. The lowest BCUT2D eigenvalue weighted by Crippen LogP contribution is -1.93. The fourth-order valence-corrected chi connectivity index (χ4v) is 3.09. The minimum atomic E-state index is -0.664. The van der Waals surface area contributed by atoms with E-state index in [-0.39, 0.29) is 0 Å². The van der Waals surface area contributed by atoms with Gasteiger partial charge < -0.3 is 10.2 Å². The summed E-state index contributed by atoms with van der Waals surface area (Å²) in [6, 6.07) is 0. The summed E-state index contributed by atoms with van der Waals surface area (Å²) in [6.45, 7) is 0.345. The number of allylic oxidation sites excluding steroid dienone is 2. The van der Waals surface area contributed by atoms with Gasteiger partial charge in [0.1, 0.15) is 0 Å². The fourth-order valence-electron chi connectivity index (χ4n) is 3.09. The summed E-state index contributed by atoms with van der Waals surface area (Å²) in [5.41, 5.74) is 0. The molecule has 0 saturated heterocycles. The first kappa shape index (κ1) is 24.2. The van der Waals surface area contributed by atoms with Gasteiger partial charge in [-0.05, 0) is 38.5 Å². The third-order valence-electron chi connectivity index (χ3n) is 4.71. The van der Waals surface area contributed by atoms with Crippen molar-refractivity contribution in [3.8, 4) is 0 Å². The van der Waals surface area contributed by atoms with Crippen molar-refractivity contribution in [1.29, 1.82) is 0 Å². The van der Waals surface area contributed by atoms with Crippen LogP contribution in [0.5, 0.6) is 0 Å². The van der Waals surface area contributed by atoms with Crippen molar-refractivity contribution in [3.05, 3.63) is 12.2 Å². The Kier molecular flexibility index (Phi) is 20.5. The molecule has 0 heterocycles. The van der Waals surface area contributed by atoms with Crippen molar-refractivity contribution in [2.75, 3.05) is 6.61 Å². The molecule has 148 valence electrons. The van der Waals surface area contributed by atoms with E-state index in [1.807, 2.05) is 0 Å². The van der Waals surface area contributed by atoms with E-state index in [1.54, 1.807) is 0 Å². The second kappa shape index (κ2) is 21.2. The maximum atomic E-state index is 10.4.